The lowest BCUT2D eigenvalue weighted by molar-refractivity contribution is 0.145. The maximum absolute atomic E-state index is 5.42. The molecule has 1 aromatic rings. The Bertz CT molecular complexity index is 278. The summed E-state index contributed by atoms with van der Waals surface area (Å²) >= 11 is 3.29. The van der Waals surface area contributed by atoms with Gasteiger partial charge in [0, 0.05) is 7.11 Å². The summed E-state index contributed by atoms with van der Waals surface area (Å²) < 4.78 is 11.1. The number of rotatable bonds is 4. The van der Waals surface area contributed by atoms with E-state index in [9.17, 15) is 0 Å². The number of halogens is 1. The molecule has 0 fully saturated rings. The van der Waals surface area contributed by atoms with Crippen molar-refractivity contribution in [2.45, 2.75) is 6.92 Å². The molecule has 0 radical (unpaired) electrons. The zero-order valence-electron chi connectivity index (χ0n) is 7.71. The third-order valence-corrected chi connectivity index (χ3v) is 1.99. The third-order valence-electron chi connectivity index (χ3n) is 1.55. The van der Waals surface area contributed by atoms with Crippen LogP contribution in [0.15, 0.2) is 16.7 Å². The van der Waals surface area contributed by atoms with E-state index in [0.29, 0.717) is 13.2 Å². The Morgan fingerprint density at radius 1 is 1.38 bits per heavy atom. The van der Waals surface area contributed by atoms with Crippen LogP contribution in [0.2, 0.25) is 0 Å². The summed E-state index contributed by atoms with van der Waals surface area (Å²) in [6, 6.07) is 3.75. The second-order valence-electron chi connectivity index (χ2n) is 2.56. The predicted octanol–water partition coefficient (Wildman–Crippen LogP) is 2.18. The lowest BCUT2D eigenvalue weighted by atomic mass is 10.3. The maximum atomic E-state index is 5.42. The highest BCUT2D eigenvalue weighted by molar-refractivity contribution is 9.10. The normalized spacial score (nSPS) is 10.1. The van der Waals surface area contributed by atoms with Crippen LogP contribution in [0, 0.1) is 6.92 Å². The standard InChI is InChI=1S/C9H12BrNO2/c1-7-8(13-6-5-12-2)3-4-9(10)11-7/h3-4H,5-6H2,1-2H3. The number of hydrogen-bond acceptors (Lipinski definition) is 3. The summed E-state index contributed by atoms with van der Waals surface area (Å²) in [6.07, 6.45) is 0. The molecule has 0 N–H and O–H groups in total. The Labute approximate surface area is 86.2 Å². The molecule has 0 spiro atoms. The second kappa shape index (κ2) is 5.19. The molecule has 0 saturated heterocycles. The van der Waals surface area contributed by atoms with E-state index in [1.807, 2.05) is 19.1 Å². The largest absolute Gasteiger partial charge is 0.489 e. The molecule has 1 heterocycles. The van der Waals surface area contributed by atoms with Gasteiger partial charge in [0.05, 0.1) is 12.3 Å². The van der Waals surface area contributed by atoms with Crippen molar-refractivity contribution in [1.82, 2.24) is 4.98 Å². The van der Waals surface area contributed by atoms with E-state index in [1.54, 1.807) is 7.11 Å². The second-order valence-corrected chi connectivity index (χ2v) is 3.37. The molecule has 0 atom stereocenters. The van der Waals surface area contributed by atoms with Gasteiger partial charge in [-0.3, -0.25) is 0 Å². The first-order valence-electron chi connectivity index (χ1n) is 3.99. The van der Waals surface area contributed by atoms with Crippen LogP contribution in [0.1, 0.15) is 5.69 Å². The highest BCUT2D eigenvalue weighted by Crippen LogP contribution is 2.18. The summed E-state index contributed by atoms with van der Waals surface area (Å²) in [5.41, 5.74) is 0.880. The maximum Gasteiger partial charge on any atom is 0.140 e. The monoisotopic (exact) mass is 245 g/mol. The van der Waals surface area contributed by atoms with E-state index in [1.165, 1.54) is 0 Å². The molecular weight excluding hydrogens is 234 g/mol. The topological polar surface area (TPSA) is 31.4 Å². The molecule has 0 aliphatic rings. The number of pyridine rings is 1. The van der Waals surface area contributed by atoms with Gasteiger partial charge in [-0.2, -0.15) is 0 Å². The van der Waals surface area contributed by atoms with Gasteiger partial charge in [-0.05, 0) is 35.0 Å². The lowest BCUT2D eigenvalue weighted by Gasteiger charge is -2.07. The lowest BCUT2D eigenvalue weighted by Crippen LogP contribution is -2.05. The highest BCUT2D eigenvalue weighted by atomic mass is 79.9. The molecule has 0 unspecified atom stereocenters. The molecule has 0 amide bonds. The van der Waals surface area contributed by atoms with Gasteiger partial charge in [-0.15, -0.1) is 0 Å². The Morgan fingerprint density at radius 3 is 2.77 bits per heavy atom. The van der Waals surface area contributed by atoms with Crippen LogP contribution in [0.4, 0.5) is 0 Å². The molecular formula is C9H12BrNO2. The molecule has 4 heteroatoms. The van der Waals surface area contributed by atoms with Gasteiger partial charge in [-0.1, -0.05) is 0 Å². The van der Waals surface area contributed by atoms with Crippen molar-refractivity contribution < 1.29 is 9.47 Å². The molecule has 0 bridgehead atoms. The first-order valence-corrected chi connectivity index (χ1v) is 4.78. The van der Waals surface area contributed by atoms with Crippen molar-refractivity contribution in [3.05, 3.63) is 22.4 Å². The fraction of sp³-hybridized carbons (Fsp3) is 0.444. The summed E-state index contributed by atoms with van der Waals surface area (Å²) in [5, 5.41) is 0. The summed E-state index contributed by atoms with van der Waals surface area (Å²) in [5.74, 6) is 0.806. The third kappa shape index (κ3) is 3.32. The molecule has 3 nitrogen and oxygen atoms in total. The first-order chi connectivity index (χ1) is 6.24. The van der Waals surface area contributed by atoms with Crippen LogP contribution in [0.25, 0.3) is 0 Å². The number of aryl methyl sites for hydroxylation is 1. The van der Waals surface area contributed by atoms with E-state index in [4.69, 9.17) is 9.47 Å². The van der Waals surface area contributed by atoms with Crippen LogP contribution in [0.5, 0.6) is 5.75 Å². The van der Waals surface area contributed by atoms with E-state index in [2.05, 4.69) is 20.9 Å². The Hall–Kier alpha value is -0.610. The van der Waals surface area contributed by atoms with Crippen molar-refractivity contribution in [3.63, 3.8) is 0 Å². The van der Waals surface area contributed by atoms with Crippen LogP contribution in [-0.4, -0.2) is 25.3 Å². The molecule has 1 aromatic heterocycles. The molecule has 1 rings (SSSR count). The summed E-state index contributed by atoms with van der Waals surface area (Å²) in [6.45, 7) is 3.06. The van der Waals surface area contributed by atoms with E-state index < -0.39 is 0 Å². The number of aromatic nitrogens is 1. The van der Waals surface area contributed by atoms with E-state index in [0.717, 1.165) is 16.0 Å². The zero-order chi connectivity index (χ0) is 9.68. The Morgan fingerprint density at radius 2 is 2.15 bits per heavy atom. The number of ether oxygens (including phenoxy) is 2. The minimum absolute atomic E-state index is 0.556. The van der Waals surface area contributed by atoms with Crippen LogP contribution in [-0.2, 0) is 4.74 Å². The van der Waals surface area contributed by atoms with Crippen LogP contribution in [0.3, 0.4) is 0 Å². The molecule has 0 saturated carbocycles. The summed E-state index contributed by atoms with van der Waals surface area (Å²) in [7, 11) is 1.65. The highest BCUT2D eigenvalue weighted by Gasteiger charge is 2.00. The quantitative estimate of drug-likeness (QED) is 0.602. The van der Waals surface area contributed by atoms with E-state index in [-0.39, 0.29) is 0 Å². The molecule has 0 aromatic carbocycles. The minimum Gasteiger partial charge on any atom is -0.489 e. The van der Waals surface area contributed by atoms with Gasteiger partial charge in [0.25, 0.3) is 0 Å². The zero-order valence-corrected chi connectivity index (χ0v) is 9.30. The van der Waals surface area contributed by atoms with Crippen molar-refractivity contribution in [1.29, 1.82) is 0 Å². The van der Waals surface area contributed by atoms with Gasteiger partial charge < -0.3 is 9.47 Å². The van der Waals surface area contributed by atoms with Crippen molar-refractivity contribution in [2.75, 3.05) is 20.3 Å². The van der Waals surface area contributed by atoms with Gasteiger partial charge in [0.1, 0.15) is 17.0 Å². The van der Waals surface area contributed by atoms with Crippen LogP contribution < -0.4 is 4.74 Å². The van der Waals surface area contributed by atoms with Gasteiger partial charge >= 0.3 is 0 Å². The van der Waals surface area contributed by atoms with Crippen molar-refractivity contribution >= 4 is 15.9 Å². The average Bonchev–Trinajstić information content (AvgIpc) is 2.09. The number of nitrogens with zero attached hydrogens (tertiary/aromatic N) is 1. The predicted molar refractivity (Wildman–Crippen MR) is 54.0 cm³/mol. The van der Waals surface area contributed by atoms with Crippen LogP contribution >= 0.6 is 15.9 Å². The fourth-order valence-electron chi connectivity index (χ4n) is 0.905. The first kappa shape index (κ1) is 10.5. The SMILES string of the molecule is COCCOc1ccc(Br)nc1C. The fourth-order valence-corrected chi connectivity index (χ4v) is 1.30. The average molecular weight is 246 g/mol. The number of methoxy groups -OCH3 is 1. The smallest absolute Gasteiger partial charge is 0.140 e. The van der Waals surface area contributed by atoms with Crippen molar-refractivity contribution in [3.8, 4) is 5.75 Å². The summed E-state index contributed by atoms with van der Waals surface area (Å²) in [4.78, 5) is 4.20. The van der Waals surface area contributed by atoms with Crippen molar-refractivity contribution in [2.24, 2.45) is 0 Å². The Balaban J connectivity index is 2.56. The molecule has 0 aliphatic heterocycles. The Kier molecular flexibility index (Phi) is 4.18. The van der Waals surface area contributed by atoms with E-state index >= 15 is 0 Å². The van der Waals surface area contributed by atoms with Gasteiger partial charge in [0.15, 0.2) is 0 Å². The van der Waals surface area contributed by atoms with Gasteiger partial charge in [-0.25, -0.2) is 4.98 Å². The molecule has 0 aliphatic carbocycles. The molecule has 13 heavy (non-hydrogen) atoms. The molecule has 72 valence electrons. The van der Waals surface area contributed by atoms with Gasteiger partial charge in [0.2, 0.25) is 0 Å². The number of hydrogen-bond donors (Lipinski definition) is 0. The minimum atomic E-state index is 0.556.